The summed E-state index contributed by atoms with van der Waals surface area (Å²) in [4.78, 5) is 21.5. The zero-order valence-corrected chi connectivity index (χ0v) is 15.2. The summed E-state index contributed by atoms with van der Waals surface area (Å²) in [5, 5.41) is 5.04. The van der Waals surface area contributed by atoms with E-state index in [9.17, 15) is 4.79 Å². The van der Waals surface area contributed by atoms with Crippen molar-refractivity contribution in [3.8, 4) is 0 Å². The lowest BCUT2D eigenvalue weighted by molar-refractivity contribution is 0.0979. The van der Waals surface area contributed by atoms with Crippen LogP contribution < -0.4 is 4.90 Å². The Morgan fingerprint density at radius 1 is 1.25 bits per heavy atom. The van der Waals surface area contributed by atoms with Gasteiger partial charge < -0.3 is 4.90 Å². The van der Waals surface area contributed by atoms with Crippen LogP contribution in [0.25, 0.3) is 10.2 Å². The maximum absolute atomic E-state index is 13.1. The van der Waals surface area contributed by atoms with Gasteiger partial charge in [0, 0.05) is 31.9 Å². The van der Waals surface area contributed by atoms with Gasteiger partial charge >= 0.3 is 0 Å². The molecule has 0 N–H and O–H groups in total. The average Bonchev–Trinajstić information content (AvgIpc) is 3.09. The quantitative estimate of drug-likeness (QED) is 0.714. The largest absolute Gasteiger partial charge is 0.308 e. The topological polar surface area (TPSA) is 54.3 Å². The summed E-state index contributed by atoms with van der Waals surface area (Å²) >= 11 is 1.53. The summed E-state index contributed by atoms with van der Waals surface area (Å²) in [7, 11) is 5.81. The molecule has 0 bridgehead atoms. The van der Waals surface area contributed by atoms with Crippen molar-refractivity contribution in [1.82, 2.24) is 19.7 Å². The van der Waals surface area contributed by atoms with E-state index < -0.39 is 0 Å². The number of amides is 1. The Hall–Kier alpha value is -2.25. The molecule has 0 saturated carbocycles. The number of hydrogen-bond donors (Lipinski definition) is 0. The summed E-state index contributed by atoms with van der Waals surface area (Å²) in [6.07, 6.45) is 1.86. The number of fused-ring (bicyclic) bond motifs is 1. The monoisotopic (exact) mass is 343 g/mol. The molecule has 0 unspecified atom stereocenters. The fourth-order valence-corrected chi connectivity index (χ4v) is 3.50. The molecule has 0 saturated heterocycles. The molecular formula is C17H21N5OS. The third kappa shape index (κ3) is 3.32. The van der Waals surface area contributed by atoms with Gasteiger partial charge in [-0.2, -0.15) is 5.10 Å². The van der Waals surface area contributed by atoms with Crippen molar-refractivity contribution >= 4 is 32.6 Å². The normalized spacial score (nSPS) is 11.4. The molecule has 0 fully saturated rings. The minimum absolute atomic E-state index is 0.103. The average molecular weight is 343 g/mol. The molecule has 24 heavy (non-hydrogen) atoms. The van der Waals surface area contributed by atoms with E-state index in [4.69, 9.17) is 0 Å². The SMILES string of the molecule is Cc1cn(C)nc1C(=O)N(CCN(C)C)c1nc2ccccc2s1. The van der Waals surface area contributed by atoms with Crippen molar-refractivity contribution in [2.75, 3.05) is 32.1 Å². The first kappa shape index (κ1) is 16.6. The summed E-state index contributed by atoms with van der Waals surface area (Å²) in [6.45, 7) is 3.23. The van der Waals surface area contributed by atoms with Gasteiger partial charge in [-0.3, -0.25) is 14.4 Å². The third-order valence-corrected chi connectivity index (χ3v) is 4.80. The molecule has 1 amide bonds. The number of aryl methyl sites for hydroxylation is 2. The molecule has 0 atom stereocenters. The maximum Gasteiger partial charge on any atom is 0.280 e. The van der Waals surface area contributed by atoms with Gasteiger partial charge in [-0.15, -0.1) is 0 Å². The highest BCUT2D eigenvalue weighted by Crippen LogP contribution is 2.29. The molecule has 0 radical (unpaired) electrons. The van der Waals surface area contributed by atoms with Gasteiger partial charge in [0.1, 0.15) is 0 Å². The van der Waals surface area contributed by atoms with E-state index in [-0.39, 0.29) is 5.91 Å². The molecule has 2 aromatic heterocycles. The predicted molar refractivity (Wildman–Crippen MR) is 97.8 cm³/mol. The zero-order valence-electron chi connectivity index (χ0n) is 14.4. The Balaban J connectivity index is 1.99. The van der Waals surface area contributed by atoms with E-state index in [1.54, 1.807) is 9.58 Å². The van der Waals surface area contributed by atoms with Crippen molar-refractivity contribution in [1.29, 1.82) is 0 Å². The van der Waals surface area contributed by atoms with Crippen LogP contribution in [0.2, 0.25) is 0 Å². The minimum atomic E-state index is -0.103. The van der Waals surface area contributed by atoms with Crippen LogP contribution in [0.5, 0.6) is 0 Å². The van der Waals surface area contributed by atoms with Gasteiger partial charge in [-0.05, 0) is 33.2 Å². The van der Waals surface area contributed by atoms with Crippen LogP contribution in [-0.4, -0.2) is 52.8 Å². The van der Waals surface area contributed by atoms with Crippen molar-refractivity contribution in [3.05, 3.63) is 41.7 Å². The van der Waals surface area contributed by atoms with Gasteiger partial charge in [0.05, 0.1) is 10.2 Å². The number of anilines is 1. The standard InChI is InChI=1S/C17H21N5OS/c1-12-11-21(4)19-15(12)16(23)22(10-9-20(2)3)17-18-13-7-5-6-8-14(13)24-17/h5-8,11H,9-10H2,1-4H3. The van der Waals surface area contributed by atoms with Gasteiger partial charge in [-0.1, -0.05) is 23.5 Å². The number of rotatable bonds is 5. The molecule has 7 heteroatoms. The zero-order chi connectivity index (χ0) is 17.3. The first-order valence-corrected chi connectivity index (χ1v) is 8.60. The summed E-state index contributed by atoms with van der Waals surface area (Å²) in [5.41, 5.74) is 2.27. The van der Waals surface area contributed by atoms with Gasteiger partial charge in [0.15, 0.2) is 10.8 Å². The molecular weight excluding hydrogens is 322 g/mol. The fraction of sp³-hybridized carbons (Fsp3) is 0.353. The van der Waals surface area contributed by atoms with Crippen LogP contribution in [0.4, 0.5) is 5.13 Å². The Morgan fingerprint density at radius 3 is 2.62 bits per heavy atom. The molecule has 6 nitrogen and oxygen atoms in total. The Kier molecular flexibility index (Phi) is 4.64. The van der Waals surface area contributed by atoms with E-state index in [0.29, 0.717) is 17.4 Å². The van der Waals surface area contributed by atoms with Crippen LogP contribution in [0.1, 0.15) is 16.1 Å². The molecule has 0 spiro atoms. The van der Waals surface area contributed by atoms with Crippen LogP contribution in [0.15, 0.2) is 30.5 Å². The van der Waals surface area contributed by atoms with Crippen LogP contribution in [-0.2, 0) is 7.05 Å². The number of carbonyl (C=O) groups excluding carboxylic acids is 1. The lowest BCUT2D eigenvalue weighted by atomic mass is 10.2. The number of benzene rings is 1. The molecule has 2 heterocycles. The number of carbonyl (C=O) groups is 1. The number of nitrogens with zero attached hydrogens (tertiary/aromatic N) is 5. The third-order valence-electron chi connectivity index (χ3n) is 3.74. The first-order chi connectivity index (χ1) is 11.5. The highest BCUT2D eigenvalue weighted by Gasteiger charge is 2.24. The van der Waals surface area contributed by atoms with Crippen molar-refractivity contribution in [3.63, 3.8) is 0 Å². The van der Waals surface area contributed by atoms with Crippen molar-refractivity contribution < 1.29 is 4.79 Å². The second-order valence-electron chi connectivity index (χ2n) is 6.06. The molecule has 3 rings (SSSR count). The van der Waals surface area contributed by atoms with Crippen LogP contribution in [0, 0.1) is 6.92 Å². The van der Waals surface area contributed by atoms with Gasteiger partial charge in [-0.25, -0.2) is 4.98 Å². The summed E-state index contributed by atoms with van der Waals surface area (Å²) < 4.78 is 2.75. The smallest absolute Gasteiger partial charge is 0.280 e. The van der Waals surface area contributed by atoms with Gasteiger partial charge in [0.25, 0.3) is 5.91 Å². The highest BCUT2D eigenvalue weighted by atomic mass is 32.1. The molecule has 0 aliphatic heterocycles. The van der Waals surface area contributed by atoms with Crippen molar-refractivity contribution in [2.45, 2.75) is 6.92 Å². The molecule has 3 aromatic rings. The minimum Gasteiger partial charge on any atom is -0.308 e. The van der Waals surface area contributed by atoms with E-state index in [1.807, 2.05) is 58.5 Å². The van der Waals surface area contributed by atoms with Crippen LogP contribution in [0.3, 0.4) is 0 Å². The van der Waals surface area contributed by atoms with E-state index in [2.05, 4.69) is 15.0 Å². The van der Waals surface area contributed by atoms with E-state index in [0.717, 1.165) is 22.3 Å². The van der Waals surface area contributed by atoms with E-state index in [1.165, 1.54) is 11.3 Å². The molecule has 126 valence electrons. The fourth-order valence-electron chi connectivity index (χ4n) is 2.51. The lowest BCUT2D eigenvalue weighted by Gasteiger charge is -2.21. The molecule has 1 aromatic carbocycles. The number of likely N-dealkylation sites (N-methyl/N-ethyl adjacent to an activating group) is 1. The summed E-state index contributed by atoms with van der Waals surface area (Å²) in [5.74, 6) is -0.103. The second kappa shape index (κ2) is 6.70. The Bertz CT molecular complexity index is 834. The number of para-hydroxylation sites is 1. The van der Waals surface area contributed by atoms with E-state index >= 15 is 0 Å². The number of aromatic nitrogens is 3. The lowest BCUT2D eigenvalue weighted by Crippen LogP contribution is -2.37. The number of hydrogen-bond acceptors (Lipinski definition) is 5. The Morgan fingerprint density at radius 2 is 2.00 bits per heavy atom. The molecule has 0 aliphatic carbocycles. The maximum atomic E-state index is 13.1. The molecule has 0 aliphatic rings. The van der Waals surface area contributed by atoms with Crippen LogP contribution >= 0.6 is 11.3 Å². The first-order valence-electron chi connectivity index (χ1n) is 7.78. The number of thiazole rings is 1. The Labute approximate surface area is 145 Å². The second-order valence-corrected chi connectivity index (χ2v) is 7.07. The summed E-state index contributed by atoms with van der Waals surface area (Å²) in [6, 6.07) is 7.94. The van der Waals surface area contributed by atoms with Crippen molar-refractivity contribution in [2.24, 2.45) is 7.05 Å². The highest BCUT2D eigenvalue weighted by molar-refractivity contribution is 7.22. The van der Waals surface area contributed by atoms with Gasteiger partial charge in [0.2, 0.25) is 0 Å². The predicted octanol–water partition coefficient (Wildman–Crippen LogP) is 2.55.